The van der Waals surface area contributed by atoms with E-state index >= 15 is 0 Å². The van der Waals surface area contributed by atoms with Crippen LogP contribution in [0.4, 0.5) is 0 Å². The monoisotopic (exact) mass is 415 g/mol. The molecule has 156 valence electrons. The Bertz CT molecular complexity index is 1050. The zero-order chi connectivity index (χ0) is 20.4. The van der Waals surface area contributed by atoms with Gasteiger partial charge in [-0.15, -0.1) is 0 Å². The molecule has 29 heavy (non-hydrogen) atoms. The smallest absolute Gasteiger partial charge is 0.267 e. The normalized spacial score (nSPS) is 18.2. The van der Waals surface area contributed by atoms with Gasteiger partial charge < -0.3 is 0 Å². The second-order valence-corrected chi connectivity index (χ2v) is 10.0. The minimum Gasteiger partial charge on any atom is -0.268 e. The van der Waals surface area contributed by atoms with Crippen molar-refractivity contribution >= 4 is 10.0 Å². The highest BCUT2D eigenvalue weighted by atomic mass is 32.2. The maximum atomic E-state index is 13.2. The van der Waals surface area contributed by atoms with Crippen molar-refractivity contribution < 1.29 is 8.42 Å². The van der Waals surface area contributed by atoms with Gasteiger partial charge >= 0.3 is 0 Å². The zero-order valence-electron chi connectivity index (χ0n) is 17.0. The first-order valence-corrected chi connectivity index (χ1v) is 12.2. The SMILES string of the molecule is Cc1ccc(-c2n[nH]c(=O)c3c2CCCC3)cc1S(=O)(=O)NC1CCCCCC1. The van der Waals surface area contributed by atoms with Crippen LogP contribution in [0.5, 0.6) is 0 Å². The quantitative estimate of drug-likeness (QED) is 0.746. The minimum absolute atomic E-state index is 0.00419. The Hall–Kier alpha value is -1.99. The summed E-state index contributed by atoms with van der Waals surface area (Å²) < 4.78 is 29.3. The van der Waals surface area contributed by atoms with Gasteiger partial charge in [0.2, 0.25) is 10.0 Å². The predicted octanol–water partition coefficient (Wildman–Crippen LogP) is 3.63. The second-order valence-electron chi connectivity index (χ2n) is 8.36. The van der Waals surface area contributed by atoms with Gasteiger partial charge in [0.05, 0.1) is 10.6 Å². The summed E-state index contributed by atoms with van der Waals surface area (Å²) in [5.41, 5.74) is 3.79. The summed E-state index contributed by atoms with van der Waals surface area (Å²) in [5.74, 6) is 0. The number of benzene rings is 1. The van der Waals surface area contributed by atoms with E-state index in [4.69, 9.17) is 0 Å². The van der Waals surface area contributed by atoms with Crippen LogP contribution in [-0.2, 0) is 22.9 Å². The molecular formula is C22H29N3O3S. The van der Waals surface area contributed by atoms with E-state index in [9.17, 15) is 13.2 Å². The number of aromatic amines is 1. The number of nitrogens with zero attached hydrogens (tertiary/aromatic N) is 1. The molecule has 6 nitrogen and oxygen atoms in total. The third-order valence-electron chi connectivity index (χ3n) is 6.23. The molecule has 2 aliphatic rings. The largest absolute Gasteiger partial charge is 0.268 e. The van der Waals surface area contributed by atoms with E-state index in [2.05, 4.69) is 14.9 Å². The topological polar surface area (TPSA) is 91.9 Å². The van der Waals surface area contributed by atoms with Crippen LogP contribution >= 0.6 is 0 Å². The summed E-state index contributed by atoms with van der Waals surface area (Å²) in [7, 11) is -3.62. The molecule has 0 atom stereocenters. The average molecular weight is 416 g/mol. The Kier molecular flexibility index (Phi) is 5.88. The molecule has 1 aromatic heterocycles. The van der Waals surface area contributed by atoms with Crippen LogP contribution in [-0.4, -0.2) is 24.7 Å². The van der Waals surface area contributed by atoms with Gasteiger partial charge in [-0.05, 0) is 62.6 Å². The summed E-state index contributed by atoms with van der Waals surface area (Å²) in [5, 5.41) is 6.89. The van der Waals surface area contributed by atoms with Gasteiger partial charge in [0.15, 0.2) is 0 Å². The molecule has 1 fully saturated rings. The second kappa shape index (κ2) is 8.40. The van der Waals surface area contributed by atoms with E-state index in [0.29, 0.717) is 16.2 Å². The number of fused-ring (bicyclic) bond motifs is 1. The molecule has 0 unspecified atom stereocenters. The third-order valence-corrected chi connectivity index (χ3v) is 7.89. The maximum absolute atomic E-state index is 13.2. The zero-order valence-corrected chi connectivity index (χ0v) is 17.8. The van der Waals surface area contributed by atoms with Crippen molar-refractivity contribution in [1.29, 1.82) is 0 Å². The molecule has 0 spiro atoms. The van der Waals surface area contributed by atoms with Crippen molar-refractivity contribution in [3.63, 3.8) is 0 Å². The molecule has 0 radical (unpaired) electrons. The molecule has 0 bridgehead atoms. The first kappa shape index (κ1) is 20.3. The van der Waals surface area contributed by atoms with E-state index in [1.165, 1.54) is 12.8 Å². The lowest BCUT2D eigenvalue weighted by atomic mass is 9.90. The number of rotatable bonds is 4. The van der Waals surface area contributed by atoms with Crippen LogP contribution < -0.4 is 10.3 Å². The number of nitrogens with one attached hydrogen (secondary N) is 2. The van der Waals surface area contributed by atoms with Gasteiger partial charge in [-0.2, -0.15) is 5.10 Å². The van der Waals surface area contributed by atoms with Gasteiger partial charge in [0, 0.05) is 17.2 Å². The Balaban J connectivity index is 1.71. The molecule has 4 rings (SSSR count). The lowest BCUT2D eigenvalue weighted by Gasteiger charge is -2.19. The highest BCUT2D eigenvalue weighted by Crippen LogP contribution is 2.30. The van der Waals surface area contributed by atoms with E-state index in [1.807, 2.05) is 19.1 Å². The molecule has 7 heteroatoms. The molecule has 1 aromatic carbocycles. The number of hydrogen-bond acceptors (Lipinski definition) is 4. The minimum atomic E-state index is -3.62. The Labute approximate surface area is 172 Å². The van der Waals surface area contributed by atoms with Crippen molar-refractivity contribution in [3.8, 4) is 11.3 Å². The molecule has 0 aliphatic heterocycles. The summed E-state index contributed by atoms with van der Waals surface area (Å²) >= 11 is 0. The lowest BCUT2D eigenvalue weighted by molar-refractivity contribution is 0.509. The maximum Gasteiger partial charge on any atom is 0.267 e. The Morgan fingerprint density at radius 1 is 1.00 bits per heavy atom. The van der Waals surface area contributed by atoms with Crippen molar-refractivity contribution in [2.75, 3.05) is 0 Å². The van der Waals surface area contributed by atoms with Gasteiger partial charge in [0.1, 0.15) is 0 Å². The first-order chi connectivity index (χ1) is 14.0. The summed E-state index contributed by atoms with van der Waals surface area (Å²) in [6, 6.07) is 5.45. The summed E-state index contributed by atoms with van der Waals surface area (Å²) in [6.07, 6.45) is 9.85. The molecule has 0 amide bonds. The predicted molar refractivity (Wildman–Crippen MR) is 113 cm³/mol. The molecule has 1 saturated carbocycles. The van der Waals surface area contributed by atoms with Crippen molar-refractivity contribution in [2.45, 2.75) is 82.1 Å². The molecule has 1 heterocycles. The average Bonchev–Trinajstić information content (AvgIpc) is 2.97. The molecule has 2 aliphatic carbocycles. The van der Waals surface area contributed by atoms with Gasteiger partial charge in [-0.25, -0.2) is 18.2 Å². The fraction of sp³-hybridized carbons (Fsp3) is 0.545. The van der Waals surface area contributed by atoms with Crippen LogP contribution in [0.15, 0.2) is 27.9 Å². The van der Waals surface area contributed by atoms with Crippen molar-refractivity contribution in [3.05, 3.63) is 45.2 Å². The van der Waals surface area contributed by atoms with Crippen LogP contribution in [0.3, 0.4) is 0 Å². The molecule has 2 N–H and O–H groups in total. The molecular weight excluding hydrogens is 386 g/mol. The Morgan fingerprint density at radius 3 is 2.41 bits per heavy atom. The summed E-state index contributed by atoms with van der Waals surface area (Å²) in [6.45, 7) is 1.82. The number of H-pyrrole nitrogens is 1. The van der Waals surface area contributed by atoms with Gasteiger partial charge in [-0.3, -0.25) is 4.79 Å². The van der Waals surface area contributed by atoms with Gasteiger partial charge in [0.25, 0.3) is 5.56 Å². The number of sulfonamides is 1. The fourth-order valence-electron chi connectivity index (χ4n) is 4.61. The fourth-order valence-corrected chi connectivity index (χ4v) is 6.19. The highest BCUT2D eigenvalue weighted by molar-refractivity contribution is 7.89. The van der Waals surface area contributed by atoms with Crippen LogP contribution in [0.1, 0.15) is 68.1 Å². The van der Waals surface area contributed by atoms with Crippen LogP contribution in [0, 0.1) is 6.92 Å². The van der Waals surface area contributed by atoms with Crippen molar-refractivity contribution in [2.24, 2.45) is 0 Å². The number of aromatic nitrogens is 2. The number of aryl methyl sites for hydroxylation is 1. The summed E-state index contributed by atoms with van der Waals surface area (Å²) in [4.78, 5) is 12.5. The Morgan fingerprint density at radius 2 is 1.69 bits per heavy atom. The lowest BCUT2D eigenvalue weighted by Crippen LogP contribution is -2.34. The number of hydrogen-bond donors (Lipinski definition) is 2. The van der Waals surface area contributed by atoms with Gasteiger partial charge in [-0.1, -0.05) is 37.8 Å². The van der Waals surface area contributed by atoms with E-state index < -0.39 is 10.0 Å². The molecule has 0 saturated heterocycles. The van der Waals surface area contributed by atoms with Crippen LogP contribution in [0.2, 0.25) is 0 Å². The highest BCUT2D eigenvalue weighted by Gasteiger charge is 2.25. The van der Waals surface area contributed by atoms with Crippen LogP contribution in [0.25, 0.3) is 11.3 Å². The molecule has 2 aromatic rings. The standard InChI is InChI=1S/C22H29N3O3S/c1-15-12-13-16(21-18-10-6-7-11-19(18)22(26)24-23-21)14-20(15)29(27,28)25-17-8-4-2-3-5-9-17/h12-14,17,25H,2-11H2,1H3,(H,24,26). The first-order valence-electron chi connectivity index (χ1n) is 10.7. The third kappa shape index (κ3) is 4.31. The van der Waals surface area contributed by atoms with Crippen molar-refractivity contribution in [1.82, 2.24) is 14.9 Å². The van der Waals surface area contributed by atoms with E-state index in [1.54, 1.807) is 6.07 Å². The van der Waals surface area contributed by atoms with E-state index in [-0.39, 0.29) is 11.6 Å². The van der Waals surface area contributed by atoms with E-state index in [0.717, 1.165) is 68.1 Å².